The molecule has 0 radical (unpaired) electrons. The van der Waals surface area contributed by atoms with Crippen molar-refractivity contribution in [3.05, 3.63) is 64.7 Å². The summed E-state index contributed by atoms with van der Waals surface area (Å²) in [6.07, 6.45) is 1.46. The van der Waals surface area contributed by atoms with Crippen LogP contribution >= 0.6 is 0 Å². The molecule has 2 aliphatic heterocycles. The summed E-state index contributed by atoms with van der Waals surface area (Å²) < 4.78 is 10.7. The first-order valence-electron chi connectivity index (χ1n) is 9.73. The van der Waals surface area contributed by atoms with Crippen LogP contribution in [0.1, 0.15) is 36.1 Å². The van der Waals surface area contributed by atoms with Gasteiger partial charge in [0.15, 0.2) is 0 Å². The van der Waals surface area contributed by atoms with Crippen molar-refractivity contribution in [1.29, 1.82) is 0 Å². The minimum Gasteiger partial charge on any atom is -0.507 e. The Kier molecular flexibility index (Phi) is 5.01. The molecule has 2 aromatic rings. The smallest absolute Gasteiger partial charge is 0.295 e. The molecule has 1 unspecified atom stereocenters. The molecule has 1 saturated heterocycles. The molecule has 0 aromatic heterocycles. The Labute approximate surface area is 169 Å². The van der Waals surface area contributed by atoms with E-state index in [1.807, 2.05) is 25.1 Å². The van der Waals surface area contributed by atoms with Gasteiger partial charge < -0.3 is 19.5 Å². The number of fused-ring (bicyclic) bond motifs is 1. The minimum absolute atomic E-state index is 0.118. The lowest BCUT2D eigenvalue weighted by Gasteiger charge is -2.25. The Morgan fingerprint density at radius 2 is 1.97 bits per heavy atom. The van der Waals surface area contributed by atoms with E-state index in [2.05, 4.69) is 0 Å². The lowest BCUT2D eigenvalue weighted by Crippen LogP contribution is -2.30. The van der Waals surface area contributed by atoms with E-state index in [9.17, 15) is 14.7 Å². The SMILES string of the molecule is CCCN1C(=O)C(=O)/C(=C(\O)c2ccc3c(c2)CCO3)C1c1ccc(OC)cc1. The first-order chi connectivity index (χ1) is 14.0. The third kappa shape index (κ3) is 3.24. The first-order valence-corrected chi connectivity index (χ1v) is 9.73. The Balaban J connectivity index is 1.84. The van der Waals surface area contributed by atoms with Crippen LogP contribution in [0, 0.1) is 0 Å². The van der Waals surface area contributed by atoms with Gasteiger partial charge in [0.05, 0.1) is 25.3 Å². The number of ketones is 1. The number of carbonyl (C=O) groups excluding carboxylic acids is 2. The van der Waals surface area contributed by atoms with E-state index in [0.717, 1.165) is 23.3 Å². The van der Waals surface area contributed by atoms with Gasteiger partial charge in [-0.3, -0.25) is 9.59 Å². The van der Waals surface area contributed by atoms with Crippen molar-refractivity contribution in [3.8, 4) is 11.5 Å². The summed E-state index contributed by atoms with van der Waals surface area (Å²) in [6, 6.07) is 11.9. The number of methoxy groups -OCH3 is 1. The molecule has 2 aliphatic rings. The van der Waals surface area contributed by atoms with E-state index in [0.29, 0.717) is 30.9 Å². The lowest BCUT2D eigenvalue weighted by molar-refractivity contribution is -0.139. The summed E-state index contributed by atoms with van der Waals surface area (Å²) >= 11 is 0. The molecule has 6 heteroatoms. The van der Waals surface area contributed by atoms with Crippen molar-refractivity contribution in [2.45, 2.75) is 25.8 Å². The van der Waals surface area contributed by atoms with Crippen molar-refractivity contribution in [3.63, 3.8) is 0 Å². The van der Waals surface area contributed by atoms with Crippen LogP contribution in [0.4, 0.5) is 0 Å². The average Bonchev–Trinajstić information content (AvgIpc) is 3.31. The Hall–Kier alpha value is -3.28. The highest BCUT2D eigenvalue weighted by atomic mass is 16.5. The minimum atomic E-state index is -0.659. The van der Waals surface area contributed by atoms with Gasteiger partial charge in [0.25, 0.3) is 11.7 Å². The van der Waals surface area contributed by atoms with Crippen LogP contribution in [0.2, 0.25) is 0 Å². The van der Waals surface area contributed by atoms with Crippen LogP contribution in [0.15, 0.2) is 48.0 Å². The average molecular weight is 393 g/mol. The quantitative estimate of drug-likeness (QED) is 0.478. The van der Waals surface area contributed by atoms with Gasteiger partial charge in [0.1, 0.15) is 17.3 Å². The van der Waals surface area contributed by atoms with Crippen molar-refractivity contribution < 1.29 is 24.2 Å². The fourth-order valence-corrected chi connectivity index (χ4v) is 3.97. The standard InChI is InChI=1S/C23H23NO5/c1-3-11-24-20(14-4-7-17(28-2)8-5-14)19(22(26)23(24)27)21(25)16-6-9-18-15(13-16)10-12-29-18/h4-9,13,20,25H,3,10-12H2,1-2H3/b21-19-. The van der Waals surface area contributed by atoms with Gasteiger partial charge in [-0.15, -0.1) is 0 Å². The number of ether oxygens (including phenoxy) is 2. The van der Waals surface area contributed by atoms with E-state index in [4.69, 9.17) is 9.47 Å². The topological polar surface area (TPSA) is 76.1 Å². The zero-order chi connectivity index (χ0) is 20.5. The normalized spacial score (nSPS) is 19.9. The molecule has 1 fully saturated rings. The van der Waals surface area contributed by atoms with Crippen molar-refractivity contribution in [2.75, 3.05) is 20.3 Å². The zero-order valence-corrected chi connectivity index (χ0v) is 16.5. The van der Waals surface area contributed by atoms with Crippen LogP contribution in [-0.2, 0) is 16.0 Å². The summed E-state index contributed by atoms with van der Waals surface area (Å²) in [6.45, 7) is 2.98. The number of amides is 1. The number of likely N-dealkylation sites (tertiary alicyclic amines) is 1. The third-order valence-electron chi connectivity index (χ3n) is 5.40. The molecule has 0 aliphatic carbocycles. The van der Waals surface area contributed by atoms with Crippen molar-refractivity contribution >= 4 is 17.4 Å². The molecule has 0 saturated carbocycles. The maximum absolute atomic E-state index is 12.9. The van der Waals surface area contributed by atoms with E-state index in [1.54, 1.807) is 31.4 Å². The number of hydrogen-bond acceptors (Lipinski definition) is 5. The number of aliphatic hydroxyl groups excluding tert-OH is 1. The molecule has 6 nitrogen and oxygen atoms in total. The van der Waals surface area contributed by atoms with Crippen LogP contribution in [0.25, 0.3) is 5.76 Å². The molecule has 0 spiro atoms. The Morgan fingerprint density at radius 3 is 2.66 bits per heavy atom. The summed E-state index contributed by atoms with van der Waals surface area (Å²) in [4.78, 5) is 27.1. The highest BCUT2D eigenvalue weighted by Gasteiger charge is 2.45. The van der Waals surface area contributed by atoms with Crippen molar-refractivity contribution in [2.24, 2.45) is 0 Å². The van der Waals surface area contributed by atoms with Crippen molar-refractivity contribution in [1.82, 2.24) is 4.90 Å². The second-order valence-corrected chi connectivity index (χ2v) is 7.19. The van der Waals surface area contributed by atoms with E-state index in [1.165, 1.54) is 4.90 Å². The number of benzene rings is 2. The molecule has 4 rings (SSSR count). The molecule has 0 bridgehead atoms. The van der Waals surface area contributed by atoms with E-state index in [-0.39, 0.29) is 11.3 Å². The fraction of sp³-hybridized carbons (Fsp3) is 0.304. The van der Waals surface area contributed by atoms with Gasteiger partial charge in [-0.05, 0) is 47.9 Å². The first kappa shape index (κ1) is 19.1. The Morgan fingerprint density at radius 1 is 1.21 bits per heavy atom. The van der Waals surface area contributed by atoms with Gasteiger partial charge in [0, 0.05) is 18.5 Å². The number of nitrogens with zero attached hydrogens (tertiary/aromatic N) is 1. The predicted molar refractivity (Wildman–Crippen MR) is 108 cm³/mol. The molecule has 2 heterocycles. The zero-order valence-electron chi connectivity index (χ0n) is 16.5. The van der Waals surface area contributed by atoms with Gasteiger partial charge in [-0.25, -0.2) is 0 Å². The molecule has 1 amide bonds. The summed E-state index contributed by atoms with van der Waals surface area (Å²) in [7, 11) is 1.58. The second-order valence-electron chi connectivity index (χ2n) is 7.19. The molecular formula is C23H23NO5. The molecule has 150 valence electrons. The second kappa shape index (κ2) is 7.62. The van der Waals surface area contributed by atoms with Gasteiger partial charge >= 0.3 is 0 Å². The number of Topliss-reactive ketones (excluding diaryl/α,β-unsaturated/α-hetero) is 1. The lowest BCUT2D eigenvalue weighted by atomic mass is 9.94. The Bertz CT molecular complexity index is 993. The van der Waals surface area contributed by atoms with Crippen LogP contribution in [-0.4, -0.2) is 42.0 Å². The highest BCUT2D eigenvalue weighted by Crippen LogP contribution is 2.40. The fourth-order valence-electron chi connectivity index (χ4n) is 3.97. The van der Waals surface area contributed by atoms with Crippen LogP contribution < -0.4 is 9.47 Å². The maximum Gasteiger partial charge on any atom is 0.295 e. The summed E-state index contributed by atoms with van der Waals surface area (Å²) in [5, 5.41) is 11.1. The van der Waals surface area contributed by atoms with Crippen LogP contribution in [0.3, 0.4) is 0 Å². The van der Waals surface area contributed by atoms with Crippen LogP contribution in [0.5, 0.6) is 11.5 Å². The highest BCUT2D eigenvalue weighted by molar-refractivity contribution is 6.46. The maximum atomic E-state index is 12.9. The summed E-state index contributed by atoms with van der Waals surface area (Å²) in [5.41, 5.74) is 2.37. The molecule has 1 atom stereocenters. The summed E-state index contributed by atoms with van der Waals surface area (Å²) in [5.74, 6) is 0.0733. The molecule has 1 N–H and O–H groups in total. The molecule has 2 aromatic carbocycles. The number of carbonyl (C=O) groups is 2. The number of rotatable bonds is 5. The predicted octanol–water partition coefficient (Wildman–Crippen LogP) is 3.46. The van der Waals surface area contributed by atoms with E-state index >= 15 is 0 Å². The molecular weight excluding hydrogens is 370 g/mol. The molecule has 29 heavy (non-hydrogen) atoms. The van der Waals surface area contributed by atoms with E-state index < -0.39 is 17.7 Å². The third-order valence-corrected chi connectivity index (χ3v) is 5.40. The van der Waals surface area contributed by atoms with Gasteiger partial charge in [-0.1, -0.05) is 19.1 Å². The van der Waals surface area contributed by atoms with Gasteiger partial charge in [-0.2, -0.15) is 0 Å². The monoisotopic (exact) mass is 393 g/mol. The van der Waals surface area contributed by atoms with Gasteiger partial charge in [0.2, 0.25) is 0 Å². The number of aliphatic hydroxyl groups is 1. The largest absolute Gasteiger partial charge is 0.507 e. The number of hydrogen-bond donors (Lipinski definition) is 1.